The number of carbonyl (C=O) groups is 1. The molecule has 138 valence electrons. The summed E-state index contributed by atoms with van der Waals surface area (Å²) in [4.78, 5) is 13.2. The van der Waals surface area contributed by atoms with Crippen molar-refractivity contribution in [2.45, 2.75) is 6.42 Å². The minimum absolute atomic E-state index is 0.476. The number of thiocarbonyl (C=S) groups is 1. The second-order valence-electron chi connectivity index (χ2n) is 5.49. The van der Waals surface area contributed by atoms with E-state index in [9.17, 15) is 4.79 Å². The van der Waals surface area contributed by atoms with Crippen LogP contribution in [0.1, 0.15) is 10.6 Å². The Morgan fingerprint density at radius 3 is 2.81 bits per heavy atom. The van der Waals surface area contributed by atoms with Gasteiger partial charge in [0.2, 0.25) is 0 Å². The number of hydrogen-bond acceptors (Lipinski definition) is 5. The molecule has 7 heteroatoms. The van der Waals surface area contributed by atoms with Gasteiger partial charge in [0.05, 0.1) is 9.93 Å². The van der Waals surface area contributed by atoms with Crippen molar-refractivity contribution in [3.05, 3.63) is 74.5 Å². The van der Waals surface area contributed by atoms with Crippen LogP contribution in [0, 0.1) is 0 Å². The van der Waals surface area contributed by atoms with Crippen LogP contribution < -0.4 is 5.32 Å². The number of allylic oxidation sites excluding steroid dienone is 1. The van der Waals surface area contributed by atoms with Crippen molar-refractivity contribution in [3.63, 3.8) is 0 Å². The summed E-state index contributed by atoms with van der Waals surface area (Å²) in [5.74, 6) is 1.22. The third-order valence-corrected chi connectivity index (χ3v) is 6.04. The number of halogens is 1. The number of furan rings is 1. The molecule has 0 unspecified atom stereocenters. The van der Waals surface area contributed by atoms with Gasteiger partial charge in [0, 0.05) is 17.0 Å². The van der Waals surface area contributed by atoms with Crippen LogP contribution in [0.25, 0.3) is 17.4 Å². The molecule has 3 rings (SSSR count). The fourth-order valence-corrected chi connectivity index (χ4v) is 4.29. The maximum Gasteiger partial charge on any atom is 0.156 e. The van der Waals surface area contributed by atoms with Gasteiger partial charge in [-0.25, -0.2) is 0 Å². The van der Waals surface area contributed by atoms with E-state index in [1.807, 2.05) is 36.4 Å². The largest absolute Gasteiger partial charge is 0.457 e. The maximum atomic E-state index is 11.4. The molecule has 0 atom stereocenters. The highest BCUT2D eigenvalue weighted by atomic mass is 35.5. The van der Waals surface area contributed by atoms with Crippen LogP contribution in [-0.4, -0.2) is 17.2 Å². The zero-order valence-electron chi connectivity index (χ0n) is 14.2. The molecule has 1 aromatic carbocycles. The molecule has 1 N–H and O–H groups in total. The highest BCUT2D eigenvalue weighted by molar-refractivity contribution is 8.26. The van der Waals surface area contributed by atoms with Crippen molar-refractivity contribution in [3.8, 4) is 11.3 Å². The number of thioether (sulfide) groups is 1. The standard InChI is InChI=1S/C20H16ClNO2S3/c21-18-6-2-1-5-17(18)19-8-7-14(24-19)12-16(13-23)27-20(25)22-10-9-15-4-3-11-26-15/h1-8,11-13H,9-10H2,(H,22,25)/b16-12-. The Kier molecular flexibility index (Phi) is 7.29. The van der Waals surface area contributed by atoms with Gasteiger partial charge in [-0.2, -0.15) is 0 Å². The molecule has 0 amide bonds. The summed E-state index contributed by atoms with van der Waals surface area (Å²) in [5, 5.41) is 5.83. The van der Waals surface area contributed by atoms with Crippen LogP contribution in [0.2, 0.25) is 5.02 Å². The smallest absolute Gasteiger partial charge is 0.156 e. The normalized spacial score (nSPS) is 11.4. The van der Waals surface area contributed by atoms with Crippen LogP contribution in [0.3, 0.4) is 0 Å². The second-order valence-corrected chi connectivity index (χ2v) is 8.68. The van der Waals surface area contributed by atoms with Crippen LogP contribution in [0.5, 0.6) is 0 Å². The van der Waals surface area contributed by atoms with E-state index in [1.54, 1.807) is 23.5 Å². The number of benzene rings is 1. The van der Waals surface area contributed by atoms with E-state index in [4.69, 9.17) is 28.2 Å². The maximum absolute atomic E-state index is 11.4. The fraction of sp³-hybridized carbons (Fsp3) is 0.100. The first kappa shape index (κ1) is 19.9. The third-order valence-electron chi connectivity index (χ3n) is 3.60. The Hall–Kier alpha value is -1.86. The summed E-state index contributed by atoms with van der Waals surface area (Å²) in [5.41, 5.74) is 0.810. The summed E-state index contributed by atoms with van der Waals surface area (Å²) in [6, 6.07) is 15.2. The molecule has 2 heterocycles. The minimum atomic E-state index is 0.476. The molecule has 0 aliphatic heterocycles. The van der Waals surface area contributed by atoms with E-state index in [0.29, 0.717) is 25.8 Å². The lowest BCUT2D eigenvalue weighted by Crippen LogP contribution is -2.21. The number of nitrogens with one attached hydrogen (secondary N) is 1. The molecule has 0 aliphatic carbocycles. The number of carbonyl (C=O) groups excluding carboxylic acids is 1. The van der Waals surface area contributed by atoms with Gasteiger partial charge in [-0.3, -0.25) is 4.79 Å². The van der Waals surface area contributed by atoms with E-state index in [0.717, 1.165) is 24.8 Å². The molecule has 3 aromatic rings. The molecule has 0 saturated heterocycles. The van der Waals surface area contributed by atoms with Gasteiger partial charge in [0.15, 0.2) is 6.29 Å². The lowest BCUT2D eigenvalue weighted by molar-refractivity contribution is -0.104. The molecule has 0 aliphatic rings. The van der Waals surface area contributed by atoms with Gasteiger partial charge >= 0.3 is 0 Å². The van der Waals surface area contributed by atoms with Crippen molar-refractivity contribution in [1.82, 2.24) is 5.32 Å². The highest BCUT2D eigenvalue weighted by Crippen LogP contribution is 2.30. The first-order chi connectivity index (χ1) is 13.2. The van der Waals surface area contributed by atoms with E-state index in [-0.39, 0.29) is 0 Å². The number of aldehydes is 1. The van der Waals surface area contributed by atoms with E-state index in [2.05, 4.69) is 16.8 Å². The lowest BCUT2D eigenvalue weighted by atomic mass is 10.2. The molecule has 0 radical (unpaired) electrons. The Morgan fingerprint density at radius 2 is 2.07 bits per heavy atom. The van der Waals surface area contributed by atoms with Crippen molar-refractivity contribution in [1.29, 1.82) is 0 Å². The second kappa shape index (κ2) is 9.90. The average Bonchev–Trinajstić information content (AvgIpc) is 3.33. The van der Waals surface area contributed by atoms with Crippen LogP contribution >= 0.6 is 46.9 Å². The summed E-state index contributed by atoms with van der Waals surface area (Å²) < 4.78 is 6.36. The van der Waals surface area contributed by atoms with Gasteiger partial charge in [-0.05, 0) is 48.2 Å². The molecule has 3 nitrogen and oxygen atoms in total. The Morgan fingerprint density at radius 1 is 1.22 bits per heavy atom. The monoisotopic (exact) mass is 433 g/mol. The van der Waals surface area contributed by atoms with Gasteiger partial charge in [0.25, 0.3) is 0 Å². The Balaban J connectivity index is 1.60. The molecule has 27 heavy (non-hydrogen) atoms. The molecule has 0 fully saturated rings. The molecule has 2 aromatic heterocycles. The van der Waals surface area contributed by atoms with E-state index in [1.165, 1.54) is 16.6 Å². The summed E-state index contributed by atoms with van der Waals surface area (Å²) in [7, 11) is 0. The summed E-state index contributed by atoms with van der Waals surface area (Å²) >= 11 is 14.4. The number of hydrogen-bond donors (Lipinski definition) is 1. The SMILES string of the molecule is O=C/C(=C/c1ccc(-c2ccccc2Cl)o1)SC(=S)NCCc1cccs1. The minimum Gasteiger partial charge on any atom is -0.457 e. The zero-order valence-corrected chi connectivity index (χ0v) is 17.4. The first-order valence-corrected chi connectivity index (χ1v) is 10.6. The van der Waals surface area contributed by atoms with Crippen LogP contribution in [0.15, 0.2) is 63.2 Å². The topological polar surface area (TPSA) is 42.2 Å². The summed E-state index contributed by atoms with van der Waals surface area (Å²) in [6.07, 6.45) is 3.35. The summed E-state index contributed by atoms with van der Waals surface area (Å²) in [6.45, 7) is 0.732. The highest BCUT2D eigenvalue weighted by Gasteiger charge is 2.09. The van der Waals surface area contributed by atoms with Crippen LogP contribution in [-0.2, 0) is 11.2 Å². The van der Waals surface area contributed by atoms with Gasteiger partial charge in [0.1, 0.15) is 15.8 Å². The van der Waals surface area contributed by atoms with Gasteiger partial charge in [-0.15, -0.1) is 11.3 Å². The van der Waals surface area contributed by atoms with Gasteiger partial charge < -0.3 is 9.73 Å². The Labute approximate surface area is 176 Å². The predicted molar refractivity (Wildman–Crippen MR) is 119 cm³/mol. The third kappa shape index (κ3) is 5.81. The number of thiophene rings is 1. The van der Waals surface area contributed by atoms with Crippen molar-refractivity contribution in [2.24, 2.45) is 0 Å². The van der Waals surface area contributed by atoms with E-state index >= 15 is 0 Å². The van der Waals surface area contributed by atoms with Gasteiger partial charge in [-0.1, -0.05) is 53.8 Å². The molecular formula is C20H16ClNO2S3. The quantitative estimate of drug-likeness (QED) is 0.279. The average molecular weight is 434 g/mol. The number of rotatable bonds is 7. The fourth-order valence-electron chi connectivity index (χ4n) is 2.35. The van der Waals surface area contributed by atoms with Crippen molar-refractivity contribution >= 4 is 63.6 Å². The lowest BCUT2D eigenvalue weighted by Gasteiger charge is -2.06. The predicted octanol–water partition coefficient (Wildman–Crippen LogP) is 6.05. The molecule has 0 saturated carbocycles. The zero-order chi connectivity index (χ0) is 19.1. The van der Waals surface area contributed by atoms with Crippen LogP contribution in [0.4, 0.5) is 0 Å². The molecule has 0 bridgehead atoms. The Bertz CT molecular complexity index is 948. The van der Waals surface area contributed by atoms with E-state index < -0.39 is 0 Å². The van der Waals surface area contributed by atoms with Crippen molar-refractivity contribution < 1.29 is 9.21 Å². The van der Waals surface area contributed by atoms with Crippen molar-refractivity contribution in [2.75, 3.05) is 6.54 Å². The first-order valence-electron chi connectivity index (χ1n) is 8.15. The molecule has 0 spiro atoms. The molecular weight excluding hydrogens is 418 g/mol.